The Morgan fingerprint density at radius 3 is 2.71 bits per heavy atom. The molecule has 39 valence electrons. The summed E-state index contributed by atoms with van der Waals surface area (Å²) in [6.45, 7) is 3.47. The van der Waals surface area contributed by atoms with E-state index in [1.807, 2.05) is 0 Å². The Balaban J connectivity index is 2.97. The highest BCUT2D eigenvalue weighted by molar-refractivity contribution is 5.64. The topological polar surface area (TPSA) is 51.4 Å². The van der Waals surface area contributed by atoms with Gasteiger partial charge in [0.1, 0.15) is 0 Å². The fourth-order valence-electron chi connectivity index (χ4n) is 0.143. The summed E-state index contributed by atoms with van der Waals surface area (Å²) in [5, 5.41) is 10.9. The number of rotatable bonds is 2. The van der Waals surface area contributed by atoms with Crippen molar-refractivity contribution < 1.29 is 9.90 Å². The Bertz CT molecular complexity index is 79.8. The molecule has 0 aliphatic rings. The maximum atomic E-state index is 9.54. The molecule has 0 atom stereocenters. The van der Waals surface area contributed by atoms with Crippen LogP contribution < -0.4 is 5.32 Å². The second kappa shape index (κ2) is 3.21. The first-order valence-corrected chi connectivity index (χ1v) is 1.78. The Morgan fingerprint density at radius 2 is 2.57 bits per heavy atom. The normalized spacial score (nSPS) is 7.43. The lowest BCUT2D eigenvalue weighted by Crippen LogP contribution is -2.11. The quantitative estimate of drug-likeness (QED) is 0.512. The molecule has 0 saturated heterocycles. The Kier molecular flexibility index (Phi) is 2.76. The third-order valence-electron chi connectivity index (χ3n) is 0.356. The van der Waals surface area contributed by atoms with Gasteiger partial charge >= 0.3 is 6.09 Å². The van der Waals surface area contributed by atoms with Gasteiger partial charge in [0.25, 0.3) is 0 Å². The van der Waals surface area contributed by atoms with Gasteiger partial charge in [-0.1, -0.05) is 6.08 Å². The van der Waals surface area contributed by atoms with Gasteiger partial charge in [-0.15, -0.1) is 6.58 Å². The van der Waals surface area contributed by atoms with Crippen molar-refractivity contribution in [2.45, 2.75) is 0 Å². The molecule has 0 aromatic rings. The van der Waals surface area contributed by atoms with Crippen LogP contribution in [-0.4, -0.2) is 17.7 Å². The van der Waals surface area contributed by atoms with Gasteiger partial charge in [0.05, 0.1) is 6.54 Å². The first kappa shape index (κ1) is 6.01. The predicted octanol–water partition coefficient (Wildman–Crippen LogP) is 0.455. The zero-order valence-corrected chi connectivity index (χ0v) is 3.79. The summed E-state index contributed by atoms with van der Waals surface area (Å²) in [6.07, 6.45) is 0.286. The Hall–Kier alpha value is -0.990. The molecular weight excluding hydrogens is 94.0 g/mol. The van der Waals surface area contributed by atoms with Gasteiger partial charge in [0, 0.05) is 0 Å². The highest BCUT2D eigenvalue weighted by Gasteiger charge is 1.88. The lowest BCUT2D eigenvalue weighted by molar-refractivity contribution is 0.194. The van der Waals surface area contributed by atoms with E-state index in [1.54, 1.807) is 0 Å². The monoisotopic (exact) mass is 100 g/mol. The van der Waals surface area contributed by atoms with E-state index in [9.17, 15) is 4.79 Å². The minimum absolute atomic E-state index is 0.190. The summed E-state index contributed by atoms with van der Waals surface area (Å²) in [5.41, 5.74) is 0. The van der Waals surface area contributed by atoms with Crippen LogP contribution in [0.1, 0.15) is 0 Å². The van der Waals surface area contributed by atoms with Crippen LogP contribution in [0.2, 0.25) is 0 Å². The molecular formula is C4H6NO2. The third-order valence-corrected chi connectivity index (χ3v) is 0.356. The van der Waals surface area contributed by atoms with E-state index in [0.29, 0.717) is 0 Å². The van der Waals surface area contributed by atoms with Gasteiger partial charge in [-0.25, -0.2) is 10.1 Å². The fourth-order valence-corrected chi connectivity index (χ4v) is 0.143. The Labute approximate surface area is 41.7 Å². The van der Waals surface area contributed by atoms with Crippen LogP contribution >= 0.6 is 0 Å². The minimum Gasteiger partial charge on any atom is -0.464 e. The van der Waals surface area contributed by atoms with Gasteiger partial charge in [-0.2, -0.15) is 0 Å². The number of hydrogen-bond acceptors (Lipinski definition) is 1. The largest absolute Gasteiger partial charge is 0.464 e. The van der Waals surface area contributed by atoms with Crippen LogP contribution in [-0.2, 0) is 0 Å². The van der Waals surface area contributed by atoms with Crippen LogP contribution in [0.5, 0.6) is 0 Å². The highest BCUT2D eigenvalue weighted by Crippen LogP contribution is 1.63. The number of carbonyl (C=O) groups is 1. The van der Waals surface area contributed by atoms with Crippen molar-refractivity contribution in [2.75, 3.05) is 6.54 Å². The number of amides is 1. The van der Waals surface area contributed by atoms with Crippen molar-refractivity contribution in [1.29, 1.82) is 0 Å². The maximum absolute atomic E-state index is 9.54. The molecule has 3 nitrogen and oxygen atoms in total. The van der Waals surface area contributed by atoms with Crippen molar-refractivity contribution >= 4 is 6.09 Å². The second-order valence-corrected chi connectivity index (χ2v) is 0.912. The number of hydrogen-bond donors (Lipinski definition) is 1. The second-order valence-electron chi connectivity index (χ2n) is 0.912. The molecule has 0 spiro atoms. The van der Waals surface area contributed by atoms with E-state index < -0.39 is 6.09 Å². The first-order chi connectivity index (χ1) is 3.27. The van der Waals surface area contributed by atoms with E-state index in [2.05, 4.69) is 11.9 Å². The molecule has 0 unspecified atom stereocenters. The molecule has 0 aromatic carbocycles. The minimum atomic E-state index is -1.14. The van der Waals surface area contributed by atoms with Crippen LogP contribution in [0.3, 0.4) is 0 Å². The van der Waals surface area contributed by atoms with E-state index in [-0.39, 0.29) is 6.54 Å². The zero-order valence-electron chi connectivity index (χ0n) is 3.79. The predicted molar refractivity (Wildman–Crippen MR) is 25.2 cm³/mol. The van der Waals surface area contributed by atoms with Gasteiger partial charge < -0.3 is 5.11 Å². The summed E-state index contributed by atoms with van der Waals surface area (Å²) >= 11 is 0. The number of carboxylic acid groups (broad SMARTS) is 1. The highest BCUT2D eigenvalue weighted by atomic mass is 16.4. The van der Waals surface area contributed by atoms with Gasteiger partial charge in [0.2, 0.25) is 0 Å². The van der Waals surface area contributed by atoms with E-state index in [0.717, 1.165) is 0 Å². The lowest BCUT2D eigenvalue weighted by Gasteiger charge is -1.84. The number of nitrogens with zero attached hydrogens (tertiary/aromatic N) is 1. The van der Waals surface area contributed by atoms with Crippen molar-refractivity contribution in [3.63, 3.8) is 0 Å². The summed E-state index contributed by atoms with van der Waals surface area (Å²) in [6, 6.07) is 0. The molecule has 0 aliphatic heterocycles. The van der Waals surface area contributed by atoms with Gasteiger partial charge in [0.15, 0.2) is 0 Å². The van der Waals surface area contributed by atoms with E-state index in [4.69, 9.17) is 5.11 Å². The summed E-state index contributed by atoms with van der Waals surface area (Å²) in [7, 11) is 0. The molecule has 0 saturated carbocycles. The average Bonchev–Trinajstić information content (AvgIpc) is 1.61. The van der Waals surface area contributed by atoms with Crippen molar-refractivity contribution in [3.8, 4) is 0 Å². The lowest BCUT2D eigenvalue weighted by atomic mass is 10.6. The van der Waals surface area contributed by atoms with E-state index >= 15 is 0 Å². The van der Waals surface area contributed by atoms with Gasteiger partial charge in [-0.05, 0) is 0 Å². The van der Waals surface area contributed by atoms with Crippen LogP contribution in [0.25, 0.3) is 0 Å². The van der Waals surface area contributed by atoms with E-state index in [1.165, 1.54) is 6.08 Å². The molecule has 3 heteroatoms. The summed E-state index contributed by atoms with van der Waals surface area (Å²) in [5.74, 6) is 0. The van der Waals surface area contributed by atoms with Crippen LogP contribution in [0, 0.1) is 0 Å². The molecule has 7 heavy (non-hydrogen) atoms. The van der Waals surface area contributed by atoms with Crippen molar-refractivity contribution in [1.82, 2.24) is 5.32 Å². The molecule has 0 aliphatic carbocycles. The molecule has 1 N–H and O–H groups in total. The van der Waals surface area contributed by atoms with Crippen molar-refractivity contribution in [3.05, 3.63) is 12.7 Å². The standard InChI is InChI=1S/C4H6NO2/c1-2-3-5-4(6)7/h2H,1,3H2,(H,6,7). The summed E-state index contributed by atoms with van der Waals surface area (Å²) in [4.78, 5) is 9.54. The molecule has 1 radical (unpaired) electrons. The molecule has 0 rings (SSSR count). The molecule has 0 heterocycles. The zero-order chi connectivity index (χ0) is 5.70. The smallest absolute Gasteiger partial charge is 0.426 e. The van der Waals surface area contributed by atoms with Crippen LogP contribution in [0.15, 0.2) is 12.7 Å². The molecule has 0 aromatic heterocycles. The molecule has 0 bridgehead atoms. The maximum Gasteiger partial charge on any atom is 0.426 e. The first-order valence-electron chi connectivity index (χ1n) is 1.78. The van der Waals surface area contributed by atoms with Crippen LogP contribution in [0.4, 0.5) is 4.79 Å². The summed E-state index contributed by atoms with van der Waals surface area (Å²) < 4.78 is 0. The van der Waals surface area contributed by atoms with Crippen molar-refractivity contribution in [2.24, 2.45) is 0 Å². The van der Waals surface area contributed by atoms with Gasteiger partial charge in [-0.3, -0.25) is 0 Å². The molecule has 0 fully saturated rings. The Morgan fingerprint density at radius 1 is 2.00 bits per heavy atom. The SMILES string of the molecule is C=CC[N]C(=O)O. The fraction of sp³-hybridized carbons (Fsp3) is 0.250. The average molecular weight is 100 g/mol. The third kappa shape index (κ3) is 5.01. The molecule has 1 amide bonds.